The minimum atomic E-state index is 0.209. The largest absolute Gasteiger partial charge is 0.353 e. The summed E-state index contributed by atoms with van der Waals surface area (Å²) in [4.78, 5) is 11.2. The van der Waals surface area contributed by atoms with Gasteiger partial charge in [-0.3, -0.25) is 4.79 Å². The van der Waals surface area contributed by atoms with E-state index in [2.05, 4.69) is 36.5 Å². The highest BCUT2D eigenvalue weighted by molar-refractivity contribution is 5.78. The molecule has 2 rings (SSSR count). The smallest absolute Gasteiger partial charge is 0.220 e. The molecule has 1 saturated heterocycles. The lowest BCUT2D eigenvalue weighted by Crippen LogP contribution is -2.28. The number of benzene rings is 1. The van der Waals surface area contributed by atoms with E-state index in [9.17, 15) is 4.79 Å². The molecule has 0 radical (unpaired) electrons. The van der Waals surface area contributed by atoms with Crippen molar-refractivity contribution in [3.63, 3.8) is 0 Å². The number of amides is 1. The molecule has 15 heavy (non-hydrogen) atoms. The molecule has 0 spiro atoms. The molecule has 1 aliphatic heterocycles. The minimum absolute atomic E-state index is 0.209. The van der Waals surface area contributed by atoms with Crippen LogP contribution in [-0.2, 0) is 11.2 Å². The summed E-state index contributed by atoms with van der Waals surface area (Å²) in [5, 5.41) is 3.03. The predicted molar refractivity (Wildman–Crippen MR) is 60.5 cm³/mol. The van der Waals surface area contributed by atoms with Gasteiger partial charge in [0.25, 0.3) is 0 Å². The predicted octanol–water partition coefficient (Wildman–Crippen LogP) is 2.14. The summed E-state index contributed by atoms with van der Waals surface area (Å²) < 4.78 is 0. The molecule has 1 fully saturated rings. The normalized spacial score (nSPS) is 25.3. The van der Waals surface area contributed by atoms with Gasteiger partial charge in [-0.25, -0.2) is 0 Å². The van der Waals surface area contributed by atoms with E-state index in [1.54, 1.807) is 0 Å². The second-order valence-corrected chi connectivity index (χ2v) is 4.38. The first-order chi connectivity index (χ1) is 7.25. The van der Waals surface area contributed by atoms with Crippen LogP contribution in [-0.4, -0.2) is 11.9 Å². The van der Waals surface area contributed by atoms with Crippen molar-refractivity contribution in [1.29, 1.82) is 0 Å². The molecule has 1 heterocycles. The third-order valence-electron chi connectivity index (χ3n) is 3.13. The quantitative estimate of drug-likeness (QED) is 0.801. The molecule has 1 aromatic rings. The van der Waals surface area contributed by atoms with E-state index in [1.807, 2.05) is 6.07 Å². The number of rotatable bonds is 3. The number of aryl methyl sites for hydroxylation is 1. The average molecular weight is 203 g/mol. The fourth-order valence-corrected chi connectivity index (χ4v) is 2.17. The lowest BCUT2D eigenvalue weighted by molar-refractivity contribution is -0.119. The van der Waals surface area contributed by atoms with E-state index in [1.165, 1.54) is 5.56 Å². The van der Waals surface area contributed by atoms with Gasteiger partial charge in [0, 0.05) is 12.5 Å². The second kappa shape index (κ2) is 4.47. The van der Waals surface area contributed by atoms with Gasteiger partial charge in [-0.2, -0.15) is 0 Å². The average Bonchev–Trinajstić information content (AvgIpc) is 2.56. The van der Waals surface area contributed by atoms with Crippen LogP contribution in [0.1, 0.15) is 25.3 Å². The van der Waals surface area contributed by atoms with Crippen molar-refractivity contribution in [3.8, 4) is 0 Å². The van der Waals surface area contributed by atoms with E-state index in [4.69, 9.17) is 0 Å². The maximum atomic E-state index is 11.2. The molecule has 1 amide bonds. The van der Waals surface area contributed by atoms with E-state index in [0.29, 0.717) is 18.4 Å². The van der Waals surface area contributed by atoms with E-state index >= 15 is 0 Å². The Morgan fingerprint density at radius 1 is 1.33 bits per heavy atom. The summed E-state index contributed by atoms with van der Waals surface area (Å²) in [5.41, 5.74) is 1.35. The summed E-state index contributed by atoms with van der Waals surface area (Å²) >= 11 is 0. The van der Waals surface area contributed by atoms with Gasteiger partial charge in [-0.1, -0.05) is 37.3 Å². The molecule has 0 aliphatic carbocycles. The lowest BCUT2D eigenvalue weighted by Gasteiger charge is -2.14. The number of hydrogen-bond acceptors (Lipinski definition) is 1. The number of nitrogens with one attached hydrogen (secondary N) is 1. The maximum Gasteiger partial charge on any atom is 0.220 e. The first kappa shape index (κ1) is 10.2. The van der Waals surface area contributed by atoms with Crippen molar-refractivity contribution < 1.29 is 4.79 Å². The topological polar surface area (TPSA) is 29.1 Å². The van der Waals surface area contributed by atoms with Gasteiger partial charge in [0.2, 0.25) is 5.91 Å². The van der Waals surface area contributed by atoms with Crippen LogP contribution in [0, 0.1) is 5.92 Å². The zero-order chi connectivity index (χ0) is 10.7. The van der Waals surface area contributed by atoms with Crippen molar-refractivity contribution in [1.82, 2.24) is 5.32 Å². The highest BCUT2D eigenvalue weighted by atomic mass is 16.1. The van der Waals surface area contributed by atoms with Crippen LogP contribution in [0.4, 0.5) is 0 Å². The molecule has 2 heteroatoms. The van der Waals surface area contributed by atoms with Gasteiger partial charge in [0.05, 0.1) is 0 Å². The maximum absolute atomic E-state index is 11.2. The first-order valence-corrected chi connectivity index (χ1v) is 5.59. The molecule has 80 valence electrons. The SMILES string of the molecule is CC1CC(=O)NC1CCc1ccccc1. The Morgan fingerprint density at radius 2 is 2.07 bits per heavy atom. The van der Waals surface area contributed by atoms with E-state index in [-0.39, 0.29) is 5.91 Å². The second-order valence-electron chi connectivity index (χ2n) is 4.38. The van der Waals surface area contributed by atoms with Crippen molar-refractivity contribution in [3.05, 3.63) is 35.9 Å². The van der Waals surface area contributed by atoms with Crippen LogP contribution in [0.5, 0.6) is 0 Å². The van der Waals surface area contributed by atoms with Gasteiger partial charge in [-0.05, 0) is 24.3 Å². The van der Waals surface area contributed by atoms with Crippen LogP contribution in [0.2, 0.25) is 0 Å². The highest BCUT2D eigenvalue weighted by Crippen LogP contribution is 2.19. The molecule has 2 nitrogen and oxygen atoms in total. The van der Waals surface area contributed by atoms with Crippen molar-refractivity contribution in [2.75, 3.05) is 0 Å². The monoisotopic (exact) mass is 203 g/mol. The standard InChI is InChI=1S/C13H17NO/c1-10-9-13(15)14-12(10)8-7-11-5-3-2-4-6-11/h2-6,10,12H,7-9H2,1H3,(H,14,15). The Labute approximate surface area is 90.7 Å². The zero-order valence-corrected chi connectivity index (χ0v) is 9.07. The molecular formula is C13H17NO. The van der Waals surface area contributed by atoms with Crippen LogP contribution in [0.15, 0.2) is 30.3 Å². The molecule has 1 N–H and O–H groups in total. The Kier molecular flexibility index (Phi) is 3.05. The minimum Gasteiger partial charge on any atom is -0.353 e. The molecule has 2 atom stereocenters. The van der Waals surface area contributed by atoms with Crippen LogP contribution in [0.25, 0.3) is 0 Å². The van der Waals surface area contributed by atoms with Crippen molar-refractivity contribution in [2.45, 2.75) is 32.2 Å². The fraction of sp³-hybridized carbons (Fsp3) is 0.462. The molecule has 1 aliphatic rings. The zero-order valence-electron chi connectivity index (χ0n) is 9.07. The van der Waals surface area contributed by atoms with Gasteiger partial charge >= 0.3 is 0 Å². The third kappa shape index (κ3) is 2.58. The van der Waals surface area contributed by atoms with Gasteiger partial charge in [-0.15, -0.1) is 0 Å². The fourth-order valence-electron chi connectivity index (χ4n) is 2.17. The summed E-state index contributed by atoms with van der Waals surface area (Å²) in [5.74, 6) is 0.696. The summed E-state index contributed by atoms with van der Waals surface area (Å²) in [6, 6.07) is 10.8. The van der Waals surface area contributed by atoms with E-state index < -0.39 is 0 Å². The van der Waals surface area contributed by atoms with Crippen molar-refractivity contribution >= 4 is 5.91 Å². The number of carbonyl (C=O) groups is 1. The highest BCUT2D eigenvalue weighted by Gasteiger charge is 2.27. The summed E-state index contributed by atoms with van der Waals surface area (Å²) in [6.45, 7) is 2.15. The third-order valence-corrected chi connectivity index (χ3v) is 3.13. The number of hydrogen-bond donors (Lipinski definition) is 1. The van der Waals surface area contributed by atoms with Crippen LogP contribution < -0.4 is 5.32 Å². The van der Waals surface area contributed by atoms with Crippen molar-refractivity contribution in [2.24, 2.45) is 5.92 Å². The lowest BCUT2D eigenvalue weighted by atomic mass is 9.97. The van der Waals surface area contributed by atoms with Gasteiger partial charge < -0.3 is 5.32 Å². The van der Waals surface area contributed by atoms with E-state index in [0.717, 1.165) is 12.8 Å². The van der Waals surface area contributed by atoms with Gasteiger partial charge in [0.1, 0.15) is 0 Å². The van der Waals surface area contributed by atoms with Crippen LogP contribution in [0.3, 0.4) is 0 Å². The Balaban J connectivity index is 1.86. The summed E-state index contributed by atoms with van der Waals surface area (Å²) in [7, 11) is 0. The Bertz CT molecular complexity index is 334. The number of carbonyl (C=O) groups excluding carboxylic acids is 1. The Hall–Kier alpha value is -1.31. The Morgan fingerprint density at radius 3 is 2.67 bits per heavy atom. The molecule has 0 aromatic heterocycles. The molecular weight excluding hydrogens is 186 g/mol. The molecule has 1 aromatic carbocycles. The van der Waals surface area contributed by atoms with Crippen LogP contribution >= 0.6 is 0 Å². The summed E-state index contributed by atoms with van der Waals surface area (Å²) in [6.07, 6.45) is 2.80. The molecule has 2 unspecified atom stereocenters. The molecule has 0 saturated carbocycles. The molecule has 0 bridgehead atoms. The van der Waals surface area contributed by atoms with Gasteiger partial charge in [0.15, 0.2) is 0 Å². The first-order valence-electron chi connectivity index (χ1n) is 5.59.